The molecule has 2 unspecified atom stereocenters. The van der Waals surface area contributed by atoms with E-state index in [-0.39, 0.29) is 29.5 Å². The summed E-state index contributed by atoms with van der Waals surface area (Å²) in [6, 6.07) is 0. The Kier molecular flexibility index (Phi) is 9.06. The number of rotatable bonds is 5. The van der Waals surface area contributed by atoms with Gasteiger partial charge in [-0.05, 0) is 46.7 Å². The van der Waals surface area contributed by atoms with E-state index < -0.39 is 0 Å². The van der Waals surface area contributed by atoms with Crippen LogP contribution >= 0.6 is 24.0 Å². The average molecular weight is 396 g/mol. The van der Waals surface area contributed by atoms with Crippen LogP contribution in [0.1, 0.15) is 46.5 Å². The number of hydrogen-bond donors (Lipinski definition) is 1. The van der Waals surface area contributed by atoms with Crippen molar-refractivity contribution >= 4 is 29.9 Å². The summed E-state index contributed by atoms with van der Waals surface area (Å²) in [5.74, 6) is 1.49. The number of nitrogens with two attached hydrogens (primary N) is 1. The molecule has 4 nitrogen and oxygen atoms in total. The molecular weight excluding hydrogens is 363 g/mol. The van der Waals surface area contributed by atoms with Crippen LogP contribution in [0.4, 0.5) is 0 Å². The Bertz CT molecular complexity index is 302. The minimum Gasteiger partial charge on any atom is -0.370 e. The van der Waals surface area contributed by atoms with Crippen LogP contribution in [0.2, 0.25) is 0 Å². The SMILES string of the molecule is CCN(CC)C(N)=NCC1(N(C)C)CCCC(C)C1.I. The number of nitrogens with zero attached hydrogens (tertiary/aromatic N) is 3. The monoisotopic (exact) mass is 396 g/mol. The lowest BCUT2D eigenvalue weighted by Crippen LogP contribution is -2.51. The molecule has 0 aromatic rings. The van der Waals surface area contributed by atoms with Gasteiger partial charge in [0.2, 0.25) is 0 Å². The second-order valence-electron chi connectivity index (χ2n) is 6.17. The maximum Gasteiger partial charge on any atom is 0.191 e. The molecule has 0 aromatic heterocycles. The van der Waals surface area contributed by atoms with Gasteiger partial charge in [0.1, 0.15) is 0 Å². The highest BCUT2D eigenvalue weighted by atomic mass is 127. The van der Waals surface area contributed by atoms with Gasteiger partial charge in [0.05, 0.1) is 6.54 Å². The molecule has 5 heteroatoms. The van der Waals surface area contributed by atoms with E-state index in [2.05, 4.69) is 44.7 Å². The highest BCUT2D eigenvalue weighted by Crippen LogP contribution is 2.35. The van der Waals surface area contributed by atoms with Crippen molar-refractivity contribution in [3.8, 4) is 0 Å². The van der Waals surface area contributed by atoms with Crippen molar-refractivity contribution in [1.82, 2.24) is 9.80 Å². The number of aliphatic imine (C=N–C) groups is 1. The average Bonchev–Trinajstić information content (AvgIpc) is 2.37. The highest BCUT2D eigenvalue weighted by Gasteiger charge is 2.36. The number of likely N-dealkylation sites (N-methyl/N-ethyl adjacent to an activating group) is 1. The molecule has 0 amide bonds. The van der Waals surface area contributed by atoms with Gasteiger partial charge in [-0.25, -0.2) is 0 Å². The van der Waals surface area contributed by atoms with Crippen LogP contribution in [-0.2, 0) is 0 Å². The molecule has 0 bridgehead atoms. The molecule has 0 heterocycles. The van der Waals surface area contributed by atoms with Crippen LogP contribution in [0.5, 0.6) is 0 Å². The standard InChI is InChI=1S/C15H32N4.HI/c1-6-19(7-2)14(16)17-12-15(18(4)5)10-8-9-13(3)11-15;/h13H,6-12H2,1-5H3,(H2,16,17);1H. The van der Waals surface area contributed by atoms with Gasteiger partial charge in [-0.3, -0.25) is 4.99 Å². The molecule has 1 aliphatic carbocycles. The fourth-order valence-electron chi connectivity index (χ4n) is 3.20. The summed E-state index contributed by atoms with van der Waals surface area (Å²) < 4.78 is 0. The van der Waals surface area contributed by atoms with E-state index in [1.807, 2.05) is 0 Å². The molecule has 0 saturated heterocycles. The Hall–Kier alpha value is -0.0400. The van der Waals surface area contributed by atoms with Crippen molar-refractivity contribution in [2.24, 2.45) is 16.6 Å². The molecule has 1 rings (SSSR count). The summed E-state index contributed by atoms with van der Waals surface area (Å²) in [4.78, 5) is 9.18. The summed E-state index contributed by atoms with van der Waals surface area (Å²) in [5.41, 5.74) is 6.31. The molecule has 2 atom stereocenters. The van der Waals surface area contributed by atoms with Crippen LogP contribution in [0.3, 0.4) is 0 Å². The van der Waals surface area contributed by atoms with Gasteiger partial charge in [-0.2, -0.15) is 0 Å². The van der Waals surface area contributed by atoms with E-state index in [4.69, 9.17) is 10.7 Å². The third-order valence-corrected chi connectivity index (χ3v) is 4.64. The zero-order valence-electron chi connectivity index (χ0n) is 13.9. The van der Waals surface area contributed by atoms with Crippen molar-refractivity contribution in [3.05, 3.63) is 0 Å². The topological polar surface area (TPSA) is 44.9 Å². The van der Waals surface area contributed by atoms with Crippen LogP contribution < -0.4 is 5.73 Å². The van der Waals surface area contributed by atoms with E-state index in [1.54, 1.807) is 0 Å². The second-order valence-corrected chi connectivity index (χ2v) is 6.17. The molecule has 120 valence electrons. The van der Waals surface area contributed by atoms with Gasteiger partial charge in [-0.15, -0.1) is 24.0 Å². The normalized spacial score (nSPS) is 27.3. The Balaban J connectivity index is 0.00000361. The van der Waals surface area contributed by atoms with Gasteiger partial charge >= 0.3 is 0 Å². The summed E-state index contributed by atoms with van der Waals surface area (Å²) >= 11 is 0. The first-order chi connectivity index (χ1) is 8.95. The van der Waals surface area contributed by atoms with Gasteiger partial charge in [-0.1, -0.05) is 19.8 Å². The second kappa shape index (κ2) is 9.07. The van der Waals surface area contributed by atoms with Crippen molar-refractivity contribution in [2.45, 2.75) is 52.0 Å². The van der Waals surface area contributed by atoms with Gasteiger partial charge < -0.3 is 15.5 Å². The first-order valence-electron chi connectivity index (χ1n) is 7.67. The van der Waals surface area contributed by atoms with Gasteiger partial charge in [0.25, 0.3) is 0 Å². The van der Waals surface area contributed by atoms with E-state index in [9.17, 15) is 0 Å². The molecule has 0 aliphatic heterocycles. The van der Waals surface area contributed by atoms with E-state index in [1.165, 1.54) is 25.7 Å². The van der Waals surface area contributed by atoms with Crippen LogP contribution in [0.15, 0.2) is 4.99 Å². The van der Waals surface area contributed by atoms with E-state index in [0.29, 0.717) is 5.96 Å². The molecule has 0 radical (unpaired) electrons. The third-order valence-electron chi connectivity index (χ3n) is 4.64. The fraction of sp³-hybridized carbons (Fsp3) is 0.933. The minimum atomic E-state index is 0. The van der Waals surface area contributed by atoms with Gasteiger partial charge in [0, 0.05) is 18.6 Å². The molecule has 1 saturated carbocycles. The Morgan fingerprint density at radius 1 is 1.30 bits per heavy atom. The first kappa shape index (κ1) is 20.0. The van der Waals surface area contributed by atoms with Crippen LogP contribution in [0, 0.1) is 5.92 Å². The Labute approximate surface area is 142 Å². The molecule has 0 aromatic carbocycles. The predicted octanol–water partition coefficient (Wildman–Crippen LogP) is 2.77. The van der Waals surface area contributed by atoms with Gasteiger partial charge in [0.15, 0.2) is 5.96 Å². The molecule has 2 N–H and O–H groups in total. The van der Waals surface area contributed by atoms with E-state index >= 15 is 0 Å². The first-order valence-corrected chi connectivity index (χ1v) is 7.67. The molecule has 1 fully saturated rings. The summed E-state index contributed by atoms with van der Waals surface area (Å²) in [7, 11) is 4.36. The van der Waals surface area contributed by atoms with Crippen molar-refractivity contribution in [3.63, 3.8) is 0 Å². The van der Waals surface area contributed by atoms with Crippen molar-refractivity contribution in [1.29, 1.82) is 0 Å². The molecule has 20 heavy (non-hydrogen) atoms. The van der Waals surface area contributed by atoms with Crippen LogP contribution in [0.25, 0.3) is 0 Å². The summed E-state index contributed by atoms with van der Waals surface area (Å²) in [6.07, 6.45) is 5.12. The van der Waals surface area contributed by atoms with Crippen LogP contribution in [-0.4, -0.2) is 55.0 Å². The lowest BCUT2D eigenvalue weighted by molar-refractivity contribution is 0.0843. The number of hydrogen-bond acceptors (Lipinski definition) is 2. The smallest absolute Gasteiger partial charge is 0.191 e. The zero-order chi connectivity index (χ0) is 14.5. The van der Waals surface area contributed by atoms with E-state index in [0.717, 1.165) is 25.6 Å². The maximum atomic E-state index is 6.11. The molecular formula is C15H33IN4. The highest BCUT2D eigenvalue weighted by molar-refractivity contribution is 14.0. The number of halogens is 1. The molecule has 1 aliphatic rings. The maximum absolute atomic E-state index is 6.11. The largest absolute Gasteiger partial charge is 0.370 e. The third kappa shape index (κ3) is 5.06. The van der Waals surface area contributed by atoms with Crippen molar-refractivity contribution < 1.29 is 0 Å². The lowest BCUT2D eigenvalue weighted by atomic mass is 9.75. The fourth-order valence-corrected chi connectivity index (χ4v) is 3.20. The predicted molar refractivity (Wildman–Crippen MR) is 98.9 cm³/mol. The zero-order valence-corrected chi connectivity index (χ0v) is 16.2. The molecule has 0 spiro atoms. The quantitative estimate of drug-likeness (QED) is 0.442. The minimum absolute atomic E-state index is 0. The van der Waals surface area contributed by atoms with Crippen molar-refractivity contribution in [2.75, 3.05) is 33.7 Å². The Morgan fingerprint density at radius 2 is 1.90 bits per heavy atom. The number of guanidine groups is 1. The Morgan fingerprint density at radius 3 is 2.35 bits per heavy atom. The lowest BCUT2D eigenvalue weighted by Gasteiger charge is -2.44. The summed E-state index contributed by atoms with van der Waals surface area (Å²) in [5, 5.41) is 0. The summed E-state index contributed by atoms with van der Waals surface area (Å²) in [6.45, 7) is 9.28.